The lowest BCUT2D eigenvalue weighted by Crippen LogP contribution is -2.44. The molecule has 1 aliphatic carbocycles. The second kappa shape index (κ2) is 7.32. The number of hydrogen-bond donors (Lipinski definition) is 1. The number of carbonyl (C=O) groups is 1. The number of fused-ring (bicyclic) bond motifs is 1. The predicted octanol–water partition coefficient (Wildman–Crippen LogP) is 3.25. The number of furan rings is 1. The Morgan fingerprint density at radius 1 is 1.18 bits per heavy atom. The van der Waals surface area contributed by atoms with Crippen LogP contribution in [-0.4, -0.2) is 29.9 Å². The topological polar surface area (TPSA) is 45.5 Å². The molecule has 3 rings (SSSR count). The van der Waals surface area contributed by atoms with Crippen molar-refractivity contribution < 1.29 is 9.21 Å². The maximum Gasteiger partial charge on any atom is 0.224 e. The van der Waals surface area contributed by atoms with Crippen LogP contribution in [0.5, 0.6) is 0 Å². The molecule has 1 saturated carbocycles. The van der Waals surface area contributed by atoms with Gasteiger partial charge in [0.15, 0.2) is 0 Å². The third-order valence-corrected chi connectivity index (χ3v) is 5.11. The SMILES string of the molecule is Cc1ccc(CN2CCCCCCNC(=O)C3CCCC32)o1. The van der Waals surface area contributed by atoms with Crippen molar-refractivity contribution in [1.82, 2.24) is 10.2 Å². The van der Waals surface area contributed by atoms with Gasteiger partial charge in [0, 0.05) is 12.6 Å². The second-order valence-corrected chi connectivity index (χ2v) is 6.79. The molecule has 22 heavy (non-hydrogen) atoms. The average molecular weight is 304 g/mol. The molecule has 122 valence electrons. The van der Waals surface area contributed by atoms with Crippen molar-refractivity contribution in [2.45, 2.75) is 64.5 Å². The fourth-order valence-corrected chi connectivity index (χ4v) is 3.95. The number of nitrogens with one attached hydrogen (secondary N) is 1. The van der Waals surface area contributed by atoms with Gasteiger partial charge in [-0.3, -0.25) is 9.69 Å². The quantitative estimate of drug-likeness (QED) is 0.912. The molecule has 1 aromatic rings. The summed E-state index contributed by atoms with van der Waals surface area (Å²) in [6, 6.07) is 4.48. The molecule has 0 spiro atoms. The zero-order valence-electron chi connectivity index (χ0n) is 13.6. The van der Waals surface area contributed by atoms with Crippen molar-refractivity contribution >= 4 is 5.91 Å². The van der Waals surface area contributed by atoms with Gasteiger partial charge in [-0.2, -0.15) is 0 Å². The van der Waals surface area contributed by atoms with Crippen LogP contribution in [0.4, 0.5) is 0 Å². The summed E-state index contributed by atoms with van der Waals surface area (Å²) in [4.78, 5) is 15.0. The summed E-state index contributed by atoms with van der Waals surface area (Å²) in [6.07, 6.45) is 8.13. The second-order valence-electron chi connectivity index (χ2n) is 6.79. The molecule has 1 saturated heterocycles. The normalized spacial score (nSPS) is 28.0. The fraction of sp³-hybridized carbons (Fsp3) is 0.722. The summed E-state index contributed by atoms with van der Waals surface area (Å²) < 4.78 is 5.77. The Hall–Kier alpha value is -1.29. The van der Waals surface area contributed by atoms with E-state index < -0.39 is 0 Å². The number of hydrogen-bond acceptors (Lipinski definition) is 3. The minimum absolute atomic E-state index is 0.161. The molecule has 0 radical (unpaired) electrons. The van der Waals surface area contributed by atoms with E-state index >= 15 is 0 Å². The molecule has 2 heterocycles. The van der Waals surface area contributed by atoms with Gasteiger partial charge in [-0.05, 0) is 51.3 Å². The van der Waals surface area contributed by atoms with E-state index in [0.29, 0.717) is 6.04 Å². The summed E-state index contributed by atoms with van der Waals surface area (Å²) in [6.45, 7) is 4.75. The van der Waals surface area contributed by atoms with Crippen molar-refractivity contribution in [3.8, 4) is 0 Å². The van der Waals surface area contributed by atoms with Gasteiger partial charge < -0.3 is 9.73 Å². The Morgan fingerprint density at radius 2 is 2.05 bits per heavy atom. The van der Waals surface area contributed by atoms with Crippen LogP contribution in [0.25, 0.3) is 0 Å². The van der Waals surface area contributed by atoms with Crippen LogP contribution in [0.3, 0.4) is 0 Å². The minimum atomic E-state index is 0.161. The molecule has 2 atom stereocenters. The van der Waals surface area contributed by atoms with Crippen LogP contribution < -0.4 is 5.32 Å². The number of rotatable bonds is 2. The number of aryl methyl sites for hydroxylation is 1. The van der Waals surface area contributed by atoms with Crippen LogP contribution in [0, 0.1) is 12.8 Å². The molecule has 1 aliphatic heterocycles. The first-order valence-corrected chi connectivity index (χ1v) is 8.81. The van der Waals surface area contributed by atoms with E-state index in [4.69, 9.17) is 4.42 Å². The predicted molar refractivity (Wildman–Crippen MR) is 86.5 cm³/mol. The Labute approximate surface area is 133 Å². The van der Waals surface area contributed by atoms with Gasteiger partial charge in [0.25, 0.3) is 0 Å². The number of amides is 1. The summed E-state index contributed by atoms with van der Waals surface area (Å²) in [5, 5.41) is 3.15. The van der Waals surface area contributed by atoms with E-state index in [-0.39, 0.29) is 11.8 Å². The zero-order valence-corrected chi connectivity index (χ0v) is 13.6. The first-order chi connectivity index (χ1) is 10.7. The summed E-state index contributed by atoms with van der Waals surface area (Å²) in [5.41, 5.74) is 0. The van der Waals surface area contributed by atoms with Gasteiger partial charge in [0.1, 0.15) is 11.5 Å². The first-order valence-electron chi connectivity index (χ1n) is 8.81. The van der Waals surface area contributed by atoms with Crippen molar-refractivity contribution in [3.63, 3.8) is 0 Å². The molecule has 1 amide bonds. The van der Waals surface area contributed by atoms with Crippen LogP contribution in [-0.2, 0) is 11.3 Å². The van der Waals surface area contributed by atoms with E-state index in [9.17, 15) is 4.79 Å². The van der Waals surface area contributed by atoms with Crippen molar-refractivity contribution in [2.24, 2.45) is 5.92 Å². The van der Waals surface area contributed by atoms with Crippen LogP contribution in [0.1, 0.15) is 56.5 Å². The van der Waals surface area contributed by atoms with Gasteiger partial charge >= 0.3 is 0 Å². The number of nitrogens with zero attached hydrogens (tertiary/aromatic N) is 1. The van der Waals surface area contributed by atoms with Crippen LogP contribution in [0.2, 0.25) is 0 Å². The Balaban J connectivity index is 1.75. The third-order valence-electron chi connectivity index (χ3n) is 5.11. The van der Waals surface area contributed by atoms with E-state index in [0.717, 1.165) is 56.8 Å². The van der Waals surface area contributed by atoms with Gasteiger partial charge in [-0.15, -0.1) is 0 Å². The van der Waals surface area contributed by atoms with Gasteiger partial charge in [-0.1, -0.05) is 19.3 Å². The van der Waals surface area contributed by atoms with E-state index in [1.165, 1.54) is 19.3 Å². The summed E-state index contributed by atoms with van der Waals surface area (Å²) >= 11 is 0. The highest BCUT2D eigenvalue weighted by Gasteiger charge is 2.36. The molecule has 4 nitrogen and oxygen atoms in total. The van der Waals surface area contributed by atoms with Gasteiger partial charge in [-0.25, -0.2) is 0 Å². The lowest BCUT2D eigenvalue weighted by molar-refractivity contribution is -0.126. The highest BCUT2D eigenvalue weighted by molar-refractivity contribution is 5.79. The van der Waals surface area contributed by atoms with Crippen LogP contribution >= 0.6 is 0 Å². The standard InChI is InChI=1S/C18H28N2O2/c1-14-9-10-15(22-14)13-20-12-5-3-2-4-11-19-18(21)16-7-6-8-17(16)20/h9-10,16-17H,2-8,11-13H2,1H3,(H,19,21). The highest BCUT2D eigenvalue weighted by Crippen LogP contribution is 2.32. The molecule has 4 heteroatoms. The summed E-state index contributed by atoms with van der Waals surface area (Å²) in [7, 11) is 0. The maximum atomic E-state index is 12.5. The molecule has 1 N–H and O–H groups in total. The number of carbonyl (C=O) groups excluding carboxylic acids is 1. The van der Waals surface area contributed by atoms with Gasteiger partial charge in [0.2, 0.25) is 5.91 Å². The maximum absolute atomic E-state index is 12.5. The monoisotopic (exact) mass is 304 g/mol. The summed E-state index contributed by atoms with van der Waals surface area (Å²) in [5.74, 6) is 2.42. The minimum Gasteiger partial charge on any atom is -0.465 e. The van der Waals surface area contributed by atoms with Gasteiger partial charge in [0.05, 0.1) is 12.5 Å². The largest absolute Gasteiger partial charge is 0.465 e. The molecule has 1 aromatic heterocycles. The van der Waals surface area contributed by atoms with E-state index in [1.807, 2.05) is 13.0 Å². The van der Waals surface area contributed by atoms with Crippen molar-refractivity contribution in [2.75, 3.05) is 13.1 Å². The molecular weight excluding hydrogens is 276 g/mol. The first kappa shape index (κ1) is 15.6. The van der Waals surface area contributed by atoms with E-state index in [2.05, 4.69) is 16.3 Å². The average Bonchev–Trinajstić information content (AvgIpc) is 3.12. The Kier molecular flexibility index (Phi) is 5.19. The third kappa shape index (κ3) is 3.72. The Bertz CT molecular complexity index is 497. The molecule has 2 fully saturated rings. The molecule has 2 aliphatic rings. The van der Waals surface area contributed by atoms with Crippen molar-refractivity contribution in [1.29, 1.82) is 0 Å². The lowest BCUT2D eigenvalue weighted by atomic mass is 10.0. The zero-order chi connectivity index (χ0) is 15.4. The molecule has 2 unspecified atom stereocenters. The smallest absolute Gasteiger partial charge is 0.224 e. The highest BCUT2D eigenvalue weighted by atomic mass is 16.3. The van der Waals surface area contributed by atoms with Crippen molar-refractivity contribution in [3.05, 3.63) is 23.7 Å². The molecule has 0 bridgehead atoms. The molecule has 0 aromatic carbocycles. The Morgan fingerprint density at radius 3 is 2.86 bits per heavy atom. The molecular formula is C18H28N2O2. The fourth-order valence-electron chi connectivity index (χ4n) is 3.95. The van der Waals surface area contributed by atoms with Crippen LogP contribution in [0.15, 0.2) is 16.5 Å². The van der Waals surface area contributed by atoms with E-state index in [1.54, 1.807) is 0 Å². The lowest BCUT2D eigenvalue weighted by Gasteiger charge is -2.31.